The number of thioether (sulfide) groups is 1. The van der Waals surface area contributed by atoms with Crippen LogP contribution in [0.5, 0.6) is 0 Å². The van der Waals surface area contributed by atoms with Crippen LogP contribution in [0.2, 0.25) is 0 Å². The highest BCUT2D eigenvalue weighted by atomic mass is 32.2. The van der Waals surface area contributed by atoms with Crippen LogP contribution in [0.15, 0.2) is 4.42 Å². The van der Waals surface area contributed by atoms with Gasteiger partial charge in [0.25, 0.3) is 0 Å². The number of ether oxygens (including phenoxy) is 1. The summed E-state index contributed by atoms with van der Waals surface area (Å²) in [6.07, 6.45) is 0.224. The van der Waals surface area contributed by atoms with Crippen molar-refractivity contribution in [3.63, 3.8) is 0 Å². The average molecular weight is 299 g/mol. The highest BCUT2D eigenvalue weighted by Gasteiger charge is 2.35. The molecule has 0 aromatic carbocycles. The first-order valence-electron chi connectivity index (χ1n) is 5.99. The molecule has 1 fully saturated rings. The first kappa shape index (κ1) is 14.5. The van der Waals surface area contributed by atoms with Crippen molar-refractivity contribution in [2.75, 3.05) is 18.1 Å². The number of carbonyl (C=O) groups is 3. The molecule has 8 nitrogen and oxygen atoms in total. The maximum Gasteiger partial charge on any atom is 0.396 e. The van der Waals surface area contributed by atoms with E-state index in [1.165, 1.54) is 11.8 Å². The number of anilines is 1. The summed E-state index contributed by atoms with van der Waals surface area (Å²) in [6, 6.07) is -0.0512. The van der Waals surface area contributed by atoms with Crippen LogP contribution in [-0.2, 0) is 14.3 Å². The smallest absolute Gasteiger partial charge is 0.396 e. The number of rotatable bonds is 4. The second kappa shape index (κ2) is 6.04. The summed E-state index contributed by atoms with van der Waals surface area (Å²) in [5, 5.41) is 7.01. The number of hydrogen-bond acceptors (Lipinski definition) is 8. The van der Waals surface area contributed by atoms with Gasteiger partial charge in [0.2, 0.25) is 5.91 Å². The Morgan fingerprint density at radius 3 is 2.90 bits per heavy atom. The van der Waals surface area contributed by atoms with Gasteiger partial charge < -0.3 is 9.15 Å². The Bertz CT molecular complexity index is 544. The van der Waals surface area contributed by atoms with E-state index in [2.05, 4.69) is 10.2 Å². The van der Waals surface area contributed by atoms with E-state index >= 15 is 0 Å². The molecule has 0 bridgehead atoms. The molecule has 2 heterocycles. The second-order valence-corrected chi connectivity index (χ2v) is 5.53. The predicted octanol–water partition coefficient (Wildman–Crippen LogP) is 0.631. The Balaban J connectivity index is 2.07. The minimum atomic E-state index is -0.729. The molecule has 2 rings (SSSR count). The number of esters is 1. The van der Waals surface area contributed by atoms with Gasteiger partial charge in [-0.05, 0) is 6.92 Å². The lowest BCUT2D eigenvalue weighted by molar-refractivity contribution is -0.117. The minimum absolute atomic E-state index is 0.0512. The van der Waals surface area contributed by atoms with Crippen molar-refractivity contribution in [1.29, 1.82) is 0 Å². The zero-order chi connectivity index (χ0) is 14.7. The van der Waals surface area contributed by atoms with Crippen LogP contribution in [0.1, 0.15) is 31.0 Å². The molecule has 0 spiro atoms. The summed E-state index contributed by atoms with van der Waals surface area (Å²) in [6.45, 7) is 3.59. The summed E-state index contributed by atoms with van der Waals surface area (Å²) >= 11 is 1.10. The fourth-order valence-electron chi connectivity index (χ4n) is 1.77. The third kappa shape index (κ3) is 3.16. The zero-order valence-corrected chi connectivity index (χ0v) is 11.8. The summed E-state index contributed by atoms with van der Waals surface area (Å²) in [5.41, 5.74) is 0. The van der Waals surface area contributed by atoms with E-state index in [9.17, 15) is 14.4 Å². The van der Waals surface area contributed by atoms with Gasteiger partial charge in [-0.25, -0.2) is 4.79 Å². The summed E-state index contributed by atoms with van der Waals surface area (Å²) in [7, 11) is 0. The van der Waals surface area contributed by atoms with E-state index < -0.39 is 5.97 Å². The Hall–Kier alpha value is -1.90. The van der Waals surface area contributed by atoms with Crippen LogP contribution in [0, 0.1) is 0 Å². The van der Waals surface area contributed by atoms with Gasteiger partial charge in [0.05, 0.1) is 6.61 Å². The number of aromatic nitrogens is 2. The van der Waals surface area contributed by atoms with Gasteiger partial charge in [0.15, 0.2) is 5.12 Å². The molecule has 1 aliphatic rings. The normalized spacial score (nSPS) is 18.4. The minimum Gasteiger partial charge on any atom is -0.459 e. The van der Waals surface area contributed by atoms with Crippen LogP contribution in [0.4, 0.5) is 6.01 Å². The third-order valence-corrected chi connectivity index (χ3v) is 3.50. The Morgan fingerprint density at radius 2 is 2.25 bits per heavy atom. The second-order valence-electron chi connectivity index (χ2n) is 4.05. The number of nitrogens with zero attached hydrogens (tertiary/aromatic N) is 3. The molecular weight excluding hydrogens is 286 g/mol. The monoisotopic (exact) mass is 299 g/mol. The van der Waals surface area contributed by atoms with E-state index in [4.69, 9.17) is 9.15 Å². The highest BCUT2D eigenvalue weighted by molar-refractivity contribution is 8.14. The highest BCUT2D eigenvalue weighted by Crippen LogP contribution is 2.27. The van der Waals surface area contributed by atoms with Gasteiger partial charge in [0, 0.05) is 25.1 Å². The van der Waals surface area contributed by atoms with Crippen LogP contribution in [0.25, 0.3) is 0 Å². The molecule has 1 aromatic heterocycles. The van der Waals surface area contributed by atoms with Gasteiger partial charge >= 0.3 is 17.9 Å². The molecule has 0 saturated carbocycles. The van der Waals surface area contributed by atoms with Gasteiger partial charge in [-0.3, -0.25) is 14.5 Å². The molecule has 1 unspecified atom stereocenters. The molecule has 0 aliphatic carbocycles. The lowest BCUT2D eigenvalue weighted by Crippen LogP contribution is -2.25. The van der Waals surface area contributed by atoms with Crippen LogP contribution in [-0.4, -0.2) is 45.6 Å². The maximum absolute atomic E-state index is 11.8. The van der Waals surface area contributed by atoms with Gasteiger partial charge in [0.1, 0.15) is 0 Å². The molecule has 20 heavy (non-hydrogen) atoms. The summed E-state index contributed by atoms with van der Waals surface area (Å²) in [4.78, 5) is 35.5. The fourth-order valence-corrected chi connectivity index (χ4v) is 2.69. The van der Waals surface area contributed by atoms with Crippen molar-refractivity contribution in [2.45, 2.75) is 25.5 Å². The molecule has 1 atom stereocenters. The molecule has 108 valence electrons. The first-order valence-corrected chi connectivity index (χ1v) is 6.87. The molecule has 1 saturated heterocycles. The van der Waals surface area contributed by atoms with Crippen LogP contribution < -0.4 is 4.90 Å². The van der Waals surface area contributed by atoms with E-state index in [1.807, 2.05) is 0 Å². The molecule has 0 radical (unpaired) electrons. The molecule has 1 amide bonds. The number of hydrogen-bond donors (Lipinski definition) is 0. The quantitative estimate of drug-likeness (QED) is 0.746. The van der Waals surface area contributed by atoms with E-state index in [0.29, 0.717) is 6.54 Å². The van der Waals surface area contributed by atoms with Crippen molar-refractivity contribution in [1.82, 2.24) is 10.2 Å². The van der Waals surface area contributed by atoms with Crippen molar-refractivity contribution in [3.8, 4) is 0 Å². The fraction of sp³-hybridized carbons (Fsp3) is 0.545. The van der Waals surface area contributed by atoms with Gasteiger partial charge in [-0.15, -0.1) is 0 Å². The van der Waals surface area contributed by atoms with Gasteiger partial charge in [-0.1, -0.05) is 22.0 Å². The van der Waals surface area contributed by atoms with Gasteiger partial charge in [-0.2, -0.15) is 0 Å². The largest absolute Gasteiger partial charge is 0.459 e. The molecule has 0 N–H and O–H groups in total. The SMILES string of the molecule is CCOC(=O)c1nnc(N2CC(SC(C)=O)CC2=O)o1. The Labute approximate surface area is 118 Å². The Morgan fingerprint density at radius 1 is 1.50 bits per heavy atom. The van der Waals surface area contributed by atoms with Crippen molar-refractivity contribution < 1.29 is 23.5 Å². The molecule has 1 aliphatic heterocycles. The van der Waals surface area contributed by atoms with E-state index in [-0.39, 0.29) is 41.2 Å². The Kier molecular flexibility index (Phi) is 4.38. The zero-order valence-electron chi connectivity index (χ0n) is 11.0. The van der Waals surface area contributed by atoms with Crippen molar-refractivity contribution in [3.05, 3.63) is 5.89 Å². The van der Waals surface area contributed by atoms with Crippen molar-refractivity contribution in [2.24, 2.45) is 0 Å². The summed E-state index contributed by atoms with van der Waals surface area (Å²) < 4.78 is 9.84. The molecular formula is C11H13N3O5S. The first-order chi connectivity index (χ1) is 9.51. The molecule has 1 aromatic rings. The number of carbonyl (C=O) groups excluding carboxylic acids is 3. The van der Waals surface area contributed by atoms with Crippen LogP contribution in [0.3, 0.4) is 0 Å². The predicted molar refractivity (Wildman–Crippen MR) is 69.3 cm³/mol. The van der Waals surface area contributed by atoms with E-state index in [1.54, 1.807) is 6.92 Å². The maximum atomic E-state index is 11.8. The average Bonchev–Trinajstić information content (AvgIpc) is 2.95. The standard InChI is InChI=1S/C11H13N3O5S/c1-3-18-10(17)9-12-13-11(19-9)14-5-7(4-8(14)16)20-6(2)15/h7H,3-5H2,1-2H3. The van der Waals surface area contributed by atoms with Crippen molar-refractivity contribution >= 4 is 34.8 Å². The molecule has 9 heteroatoms. The van der Waals surface area contributed by atoms with E-state index in [0.717, 1.165) is 11.8 Å². The third-order valence-electron chi connectivity index (χ3n) is 2.52. The number of amides is 1. The lowest BCUT2D eigenvalue weighted by atomic mass is 10.4. The lowest BCUT2D eigenvalue weighted by Gasteiger charge is -2.09. The topological polar surface area (TPSA) is 103 Å². The van der Waals surface area contributed by atoms with Crippen LogP contribution >= 0.6 is 11.8 Å². The summed E-state index contributed by atoms with van der Waals surface area (Å²) in [5.74, 6) is -1.24.